The minimum absolute atomic E-state index is 0.0237. The maximum atomic E-state index is 6.34. The Bertz CT molecular complexity index is 423. The van der Waals surface area contributed by atoms with E-state index in [0.717, 1.165) is 30.9 Å². The van der Waals surface area contributed by atoms with Crippen molar-refractivity contribution in [3.05, 3.63) is 29.8 Å². The predicted octanol–water partition coefficient (Wildman–Crippen LogP) is 2.58. The fourth-order valence-corrected chi connectivity index (χ4v) is 2.88. The lowest BCUT2D eigenvalue weighted by Gasteiger charge is -2.36. The van der Waals surface area contributed by atoms with Crippen molar-refractivity contribution in [3.8, 4) is 5.75 Å². The van der Waals surface area contributed by atoms with E-state index in [1.165, 1.54) is 0 Å². The normalized spacial score (nSPS) is 25.0. The minimum atomic E-state index is 0.0237. The molecule has 2 rings (SSSR count). The van der Waals surface area contributed by atoms with Gasteiger partial charge in [0.25, 0.3) is 0 Å². The number of hydrogen-bond donors (Lipinski definition) is 1. The van der Waals surface area contributed by atoms with Crippen molar-refractivity contribution in [3.63, 3.8) is 0 Å². The lowest BCUT2D eigenvalue weighted by molar-refractivity contribution is -0.0691. The van der Waals surface area contributed by atoms with Gasteiger partial charge in [-0.1, -0.05) is 12.1 Å². The molecule has 0 radical (unpaired) electrons. The summed E-state index contributed by atoms with van der Waals surface area (Å²) in [6.45, 7) is 11.1. The van der Waals surface area contributed by atoms with Crippen LogP contribution >= 0.6 is 0 Å². The van der Waals surface area contributed by atoms with Crippen molar-refractivity contribution >= 4 is 0 Å². The fourth-order valence-electron chi connectivity index (χ4n) is 2.88. The second-order valence-corrected chi connectivity index (χ2v) is 6.32. The van der Waals surface area contributed by atoms with E-state index >= 15 is 0 Å². The first-order valence-electron chi connectivity index (χ1n) is 7.84. The van der Waals surface area contributed by atoms with Gasteiger partial charge in [-0.3, -0.25) is 4.90 Å². The highest BCUT2D eigenvalue weighted by atomic mass is 16.5. The topological polar surface area (TPSA) is 47.7 Å². The van der Waals surface area contributed by atoms with Gasteiger partial charge in [-0.15, -0.1) is 0 Å². The molecule has 0 saturated carbocycles. The number of morpholine rings is 1. The van der Waals surface area contributed by atoms with E-state index in [1.807, 2.05) is 26.0 Å². The van der Waals surface area contributed by atoms with Crippen molar-refractivity contribution in [2.45, 2.75) is 52.0 Å². The van der Waals surface area contributed by atoms with Crippen LogP contribution in [0.25, 0.3) is 0 Å². The fraction of sp³-hybridized carbons (Fsp3) is 0.647. The summed E-state index contributed by atoms with van der Waals surface area (Å²) in [5, 5.41) is 0. The van der Waals surface area contributed by atoms with Crippen LogP contribution in [0.4, 0.5) is 0 Å². The first kappa shape index (κ1) is 16.3. The Labute approximate surface area is 128 Å². The molecule has 1 aromatic rings. The van der Waals surface area contributed by atoms with Crippen LogP contribution in [-0.4, -0.2) is 42.8 Å². The van der Waals surface area contributed by atoms with Gasteiger partial charge in [0.1, 0.15) is 5.75 Å². The lowest BCUT2D eigenvalue weighted by atomic mass is 10.1. The Morgan fingerprint density at radius 2 is 1.76 bits per heavy atom. The van der Waals surface area contributed by atoms with Crippen LogP contribution in [0.5, 0.6) is 5.75 Å². The highest BCUT2D eigenvalue weighted by molar-refractivity contribution is 5.29. The molecule has 0 aromatic heterocycles. The SMILES string of the molecule is CC(C)Oc1ccc(C(N)CN2CC(C)OC(C)C2)cc1. The quantitative estimate of drug-likeness (QED) is 0.906. The van der Waals surface area contributed by atoms with E-state index < -0.39 is 0 Å². The second kappa shape index (κ2) is 7.25. The summed E-state index contributed by atoms with van der Waals surface area (Å²) in [7, 11) is 0. The zero-order chi connectivity index (χ0) is 15.4. The number of nitrogens with zero attached hydrogens (tertiary/aromatic N) is 1. The monoisotopic (exact) mass is 292 g/mol. The van der Waals surface area contributed by atoms with Crippen LogP contribution in [0.3, 0.4) is 0 Å². The van der Waals surface area contributed by atoms with Crippen LogP contribution in [0.1, 0.15) is 39.3 Å². The molecule has 1 aliphatic rings. The zero-order valence-electron chi connectivity index (χ0n) is 13.6. The van der Waals surface area contributed by atoms with E-state index in [2.05, 4.69) is 30.9 Å². The van der Waals surface area contributed by atoms with Crippen molar-refractivity contribution in [1.29, 1.82) is 0 Å². The number of hydrogen-bond acceptors (Lipinski definition) is 4. The Balaban J connectivity index is 1.92. The van der Waals surface area contributed by atoms with E-state index in [1.54, 1.807) is 0 Å². The third kappa shape index (κ3) is 4.99. The molecule has 1 saturated heterocycles. The summed E-state index contributed by atoms with van der Waals surface area (Å²) in [5.74, 6) is 0.898. The van der Waals surface area contributed by atoms with Gasteiger partial charge in [0.05, 0.1) is 18.3 Å². The van der Waals surface area contributed by atoms with Gasteiger partial charge >= 0.3 is 0 Å². The lowest BCUT2D eigenvalue weighted by Crippen LogP contribution is -2.47. The molecule has 1 aliphatic heterocycles. The molecule has 4 heteroatoms. The Morgan fingerprint density at radius 3 is 2.29 bits per heavy atom. The van der Waals surface area contributed by atoms with Crippen LogP contribution in [0.2, 0.25) is 0 Å². The van der Waals surface area contributed by atoms with E-state index in [-0.39, 0.29) is 24.4 Å². The summed E-state index contributed by atoms with van der Waals surface area (Å²) < 4.78 is 11.4. The van der Waals surface area contributed by atoms with Crippen molar-refractivity contribution in [2.75, 3.05) is 19.6 Å². The van der Waals surface area contributed by atoms with E-state index in [0.29, 0.717) is 0 Å². The van der Waals surface area contributed by atoms with Crippen LogP contribution in [0.15, 0.2) is 24.3 Å². The van der Waals surface area contributed by atoms with Gasteiger partial charge in [-0.05, 0) is 45.4 Å². The maximum Gasteiger partial charge on any atom is 0.119 e. The van der Waals surface area contributed by atoms with E-state index in [4.69, 9.17) is 15.2 Å². The smallest absolute Gasteiger partial charge is 0.119 e. The highest BCUT2D eigenvalue weighted by Gasteiger charge is 2.23. The van der Waals surface area contributed by atoms with Gasteiger partial charge in [0.2, 0.25) is 0 Å². The number of ether oxygens (including phenoxy) is 2. The van der Waals surface area contributed by atoms with Gasteiger partial charge in [-0.25, -0.2) is 0 Å². The van der Waals surface area contributed by atoms with Gasteiger partial charge < -0.3 is 15.2 Å². The van der Waals surface area contributed by atoms with Gasteiger partial charge in [0.15, 0.2) is 0 Å². The molecule has 1 heterocycles. The molecule has 1 aromatic carbocycles. The first-order valence-corrected chi connectivity index (χ1v) is 7.84. The Hall–Kier alpha value is -1.10. The van der Waals surface area contributed by atoms with Gasteiger partial charge in [-0.2, -0.15) is 0 Å². The standard InChI is InChI=1S/C17H28N2O2/c1-12(2)20-16-7-5-15(6-8-16)17(18)11-19-9-13(3)21-14(4)10-19/h5-8,12-14,17H,9-11,18H2,1-4H3. The molecule has 0 spiro atoms. The molecule has 1 fully saturated rings. The molecule has 118 valence electrons. The van der Waals surface area contributed by atoms with Crippen LogP contribution < -0.4 is 10.5 Å². The van der Waals surface area contributed by atoms with Crippen LogP contribution in [-0.2, 0) is 4.74 Å². The van der Waals surface area contributed by atoms with Crippen molar-refractivity contribution in [1.82, 2.24) is 4.90 Å². The molecular formula is C17H28N2O2. The molecule has 3 atom stereocenters. The zero-order valence-corrected chi connectivity index (χ0v) is 13.6. The highest BCUT2D eigenvalue weighted by Crippen LogP contribution is 2.20. The average Bonchev–Trinajstić information content (AvgIpc) is 2.37. The maximum absolute atomic E-state index is 6.34. The number of benzene rings is 1. The molecular weight excluding hydrogens is 264 g/mol. The molecule has 3 unspecified atom stereocenters. The Morgan fingerprint density at radius 1 is 1.19 bits per heavy atom. The predicted molar refractivity (Wildman–Crippen MR) is 85.6 cm³/mol. The number of rotatable bonds is 5. The Kier molecular flexibility index (Phi) is 5.62. The molecule has 21 heavy (non-hydrogen) atoms. The second-order valence-electron chi connectivity index (χ2n) is 6.32. The first-order chi connectivity index (χ1) is 9.94. The third-order valence-electron chi connectivity index (χ3n) is 3.63. The summed E-state index contributed by atoms with van der Waals surface area (Å²) in [6.07, 6.45) is 0.756. The third-order valence-corrected chi connectivity index (χ3v) is 3.63. The summed E-state index contributed by atoms with van der Waals surface area (Å²) >= 11 is 0. The molecule has 2 N–H and O–H groups in total. The summed E-state index contributed by atoms with van der Waals surface area (Å²) in [4.78, 5) is 2.39. The molecule has 4 nitrogen and oxygen atoms in total. The summed E-state index contributed by atoms with van der Waals surface area (Å²) in [5.41, 5.74) is 7.50. The molecule has 0 aliphatic carbocycles. The van der Waals surface area contributed by atoms with Crippen molar-refractivity contribution < 1.29 is 9.47 Å². The van der Waals surface area contributed by atoms with E-state index in [9.17, 15) is 0 Å². The van der Waals surface area contributed by atoms with Crippen LogP contribution in [0, 0.1) is 0 Å². The molecule has 0 amide bonds. The van der Waals surface area contributed by atoms with Crippen molar-refractivity contribution in [2.24, 2.45) is 5.73 Å². The minimum Gasteiger partial charge on any atom is -0.491 e. The summed E-state index contributed by atoms with van der Waals surface area (Å²) in [6, 6.07) is 8.15. The number of nitrogens with two attached hydrogens (primary N) is 1. The molecule has 0 bridgehead atoms. The van der Waals surface area contributed by atoms with Gasteiger partial charge in [0, 0.05) is 25.7 Å². The average molecular weight is 292 g/mol. The largest absolute Gasteiger partial charge is 0.491 e.